The van der Waals surface area contributed by atoms with Crippen LogP contribution in [0.25, 0.3) is 0 Å². The minimum absolute atomic E-state index is 0.172. The Kier molecular flexibility index (Phi) is 3.80. The summed E-state index contributed by atoms with van der Waals surface area (Å²) < 4.78 is 17.9. The average Bonchev–Trinajstić information content (AvgIpc) is 3.14. The first-order chi connectivity index (χ1) is 10.8. The van der Waals surface area contributed by atoms with Crippen LogP contribution in [0.4, 0.5) is 0 Å². The molecule has 126 valence electrons. The Balaban J connectivity index is 1.91. The molecule has 0 spiro atoms. The molecule has 4 atom stereocenters. The van der Waals surface area contributed by atoms with E-state index in [9.17, 15) is 5.11 Å². The van der Waals surface area contributed by atoms with Crippen molar-refractivity contribution in [2.75, 3.05) is 6.61 Å². The van der Waals surface area contributed by atoms with Gasteiger partial charge in [-0.1, -0.05) is 0 Å². The first kappa shape index (κ1) is 16.1. The second kappa shape index (κ2) is 5.41. The molecule has 0 bridgehead atoms. The zero-order chi connectivity index (χ0) is 16.8. The Labute approximate surface area is 134 Å². The Bertz CT molecular complexity index is 641. The number of hydrogen-bond donors (Lipinski definition) is 4. The number of aliphatic imine (C=N–C) groups is 1. The first-order valence-corrected chi connectivity index (χ1v) is 7.45. The van der Waals surface area contributed by atoms with Gasteiger partial charge in [0, 0.05) is 5.69 Å². The van der Waals surface area contributed by atoms with Gasteiger partial charge in [-0.25, -0.2) is 4.99 Å². The monoisotopic (exact) mass is 322 g/mol. The minimum atomic E-state index is -0.844. The van der Waals surface area contributed by atoms with E-state index in [0.717, 1.165) is 12.0 Å². The molecular weight excluding hydrogens is 300 g/mol. The normalized spacial score (nSPS) is 36.2. The second-order valence-corrected chi connectivity index (χ2v) is 6.50. The third-order valence-corrected chi connectivity index (χ3v) is 4.23. The highest BCUT2D eigenvalue weighted by Gasteiger charge is 2.61. The van der Waals surface area contributed by atoms with E-state index in [4.69, 9.17) is 25.4 Å². The van der Waals surface area contributed by atoms with Crippen LogP contribution >= 0.6 is 0 Å². The molecule has 0 unspecified atom stereocenters. The molecule has 5 N–H and O–H groups in total. The van der Waals surface area contributed by atoms with Gasteiger partial charge >= 0.3 is 0 Å². The van der Waals surface area contributed by atoms with Crippen molar-refractivity contribution >= 4 is 12.2 Å². The molecule has 3 rings (SSSR count). The zero-order valence-corrected chi connectivity index (χ0v) is 13.4. The summed E-state index contributed by atoms with van der Waals surface area (Å²) >= 11 is 0. The summed E-state index contributed by atoms with van der Waals surface area (Å²) in [5.74, 6) is -0.515. The number of nitrogens with zero attached hydrogens (tertiary/aromatic N) is 1. The molecule has 2 aliphatic rings. The third kappa shape index (κ3) is 2.67. The smallest absolute Gasteiger partial charge is 0.164 e. The summed E-state index contributed by atoms with van der Waals surface area (Å²) in [7, 11) is 0. The van der Waals surface area contributed by atoms with Gasteiger partial charge in [0.1, 0.15) is 36.1 Å². The molecule has 2 saturated heterocycles. The van der Waals surface area contributed by atoms with Crippen molar-refractivity contribution in [1.29, 1.82) is 5.41 Å². The lowest BCUT2D eigenvalue weighted by Crippen LogP contribution is -2.43. The van der Waals surface area contributed by atoms with Crippen molar-refractivity contribution in [3.63, 3.8) is 0 Å². The van der Waals surface area contributed by atoms with Gasteiger partial charge < -0.3 is 30.0 Å². The number of ether oxygens (including phenoxy) is 3. The largest absolute Gasteiger partial charge is 0.393 e. The zero-order valence-electron chi connectivity index (χ0n) is 13.4. The van der Waals surface area contributed by atoms with Crippen molar-refractivity contribution in [3.05, 3.63) is 23.5 Å². The number of aromatic nitrogens is 1. The van der Waals surface area contributed by atoms with E-state index >= 15 is 0 Å². The number of nitrogens with two attached hydrogens (primary N) is 1. The molecule has 0 radical (unpaired) electrons. The lowest BCUT2D eigenvalue weighted by molar-refractivity contribution is -0.213. The highest BCUT2D eigenvalue weighted by molar-refractivity contribution is 5.99. The predicted octanol–water partition coefficient (Wildman–Crippen LogP) is 0.669. The number of nitrogens with one attached hydrogen (secondary N) is 2. The highest BCUT2D eigenvalue weighted by atomic mass is 16.8. The Hall–Kier alpha value is -1.74. The van der Waals surface area contributed by atoms with E-state index in [2.05, 4.69) is 9.98 Å². The molecule has 2 aliphatic heterocycles. The van der Waals surface area contributed by atoms with Gasteiger partial charge in [-0.3, -0.25) is 5.41 Å². The standard InChI is InChI=1S/C15H22N4O4/c1-14(2)21-11-10(22-15(3,6-20)12(11)23-14)8-4-5-9(19-8)13(17)18-7-16/h4-5,7,10-12,19-20H,6H2,1-3H3,(H3,16,17,18)/t10-,11-,12-,15+/m0/s1. The van der Waals surface area contributed by atoms with Crippen molar-refractivity contribution in [2.45, 2.75) is 50.5 Å². The van der Waals surface area contributed by atoms with Crippen molar-refractivity contribution in [3.8, 4) is 0 Å². The summed E-state index contributed by atoms with van der Waals surface area (Å²) in [6.07, 6.45) is -0.237. The molecule has 0 aliphatic carbocycles. The van der Waals surface area contributed by atoms with Crippen LogP contribution in [0.3, 0.4) is 0 Å². The summed E-state index contributed by atoms with van der Waals surface area (Å²) in [6, 6.07) is 3.60. The summed E-state index contributed by atoms with van der Waals surface area (Å²) in [5.41, 5.74) is 6.29. The van der Waals surface area contributed by atoms with Crippen LogP contribution in [0.5, 0.6) is 0 Å². The lowest BCUT2D eigenvalue weighted by atomic mass is 9.97. The molecule has 0 saturated carbocycles. The molecule has 2 fully saturated rings. The number of aromatic amines is 1. The van der Waals surface area contributed by atoms with Crippen LogP contribution in [-0.4, -0.2) is 52.5 Å². The molecule has 0 amide bonds. The molecular formula is C15H22N4O4. The maximum absolute atomic E-state index is 9.74. The minimum Gasteiger partial charge on any atom is -0.393 e. The van der Waals surface area contributed by atoms with Gasteiger partial charge in [0.2, 0.25) is 0 Å². The van der Waals surface area contributed by atoms with Gasteiger partial charge in [-0.05, 0) is 32.9 Å². The number of aliphatic hydroxyl groups excluding tert-OH is 1. The molecule has 1 aromatic heterocycles. The van der Waals surface area contributed by atoms with Crippen LogP contribution in [0, 0.1) is 5.41 Å². The van der Waals surface area contributed by atoms with Gasteiger partial charge in [-0.15, -0.1) is 0 Å². The molecule has 8 heteroatoms. The van der Waals surface area contributed by atoms with Crippen LogP contribution in [0.2, 0.25) is 0 Å². The van der Waals surface area contributed by atoms with E-state index in [1.165, 1.54) is 0 Å². The van der Waals surface area contributed by atoms with Gasteiger partial charge in [0.15, 0.2) is 5.79 Å². The Morgan fingerprint density at radius 2 is 2.13 bits per heavy atom. The Morgan fingerprint density at radius 1 is 1.39 bits per heavy atom. The van der Waals surface area contributed by atoms with E-state index in [0.29, 0.717) is 5.69 Å². The number of amidine groups is 1. The first-order valence-electron chi connectivity index (χ1n) is 7.45. The molecule has 8 nitrogen and oxygen atoms in total. The molecule has 0 aromatic carbocycles. The van der Waals surface area contributed by atoms with Gasteiger partial charge in [-0.2, -0.15) is 0 Å². The third-order valence-electron chi connectivity index (χ3n) is 4.23. The number of aliphatic hydroxyl groups is 1. The van der Waals surface area contributed by atoms with E-state index in [1.807, 2.05) is 26.8 Å². The van der Waals surface area contributed by atoms with E-state index in [-0.39, 0.29) is 24.7 Å². The Morgan fingerprint density at radius 3 is 2.78 bits per heavy atom. The van der Waals surface area contributed by atoms with Crippen LogP contribution in [0.15, 0.2) is 17.1 Å². The molecule has 1 aromatic rings. The van der Waals surface area contributed by atoms with Gasteiger partial charge in [0.05, 0.1) is 12.3 Å². The van der Waals surface area contributed by atoms with Crippen LogP contribution in [-0.2, 0) is 14.2 Å². The predicted molar refractivity (Wildman–Crippen MR) is 83.4 cm³/mol. The van der Waals surface area contributed by atoms with Gasteiger partial charge in [0.25, 0.3) is 0 Å². The number of rotatable bonds is 4. The summed E-state index contributed by atoms with van der Waals surface area (Å²) in [4.78, 5) is 6.88. The SMILES string of the molecule is CC1(C)O[C@H]2[C@H](c3ccc(/C(N)=N\C=N)[nH]3)O[C@](C)(CO)[C@H]2O1. The number of hydrogen-bond acceptors (Lipinski definition) is 5. The van der Waals surface area contributed by atoms with Crippen molar-refractivity contribution < 1.29 is 19.3 Å². The fraction of sp³-hybridized carbons (Fsp3) is 0.600. The van der Waals surface area contributed by atoms with E-state index in [1.54, 1.807) is 6.07 Å². The van der Waals surface area contributed by atoms with Crippen LogP contribution in [0.1, 0.15) is 38.3 Å². The van der Waals surface area contributed by atoms with E-state index < -0.39 is 17.5 Å². The fourth-order valence-corrected chi connectivity index (χ4v) is 3.14. The highest BCUT2D eigenvalue weighted by Crippen LogP contribution is 2.49. The number of fused-ring (bicyclic) bond motifs is 1. The van der Waals surface area contributed by atoms with Crippen molar-refractivity contribution in [1.82, 2.24) is 4.98 Å². The topological polar surface area (TPSA) is 126 Å². The maximum atomic E-state index is 9.74. The van der Waals surface area contributed by atoms with Crippen molar-refractivity contribution in [2.24, 2.45) is 10.7 Å². The molecule has 23 heavy (non-hydrogen) atoms. The summed E-state index contributed by atoms with van der Waals surface area (Å²) in [6.45, 7) is 5.32. The average molecular weight is 322 g/mol. The fourth-order valence-electron chi connectivity index (χ4n) is 3.14. The molecule has 3 heterocycles. The lowest BCUT2D eigenvalue weighted by Gasteiger charge is -2.29. The quantitative estimate of drug-likeness (QED) is 0.479. The maximum Gasteiger partial charge on any atom is 0.164 e. The summed E-state index contributed by atoms with van der Waals surface area (Å²) in [5, 5.41) is 16.7. The van der Waals surface area contributed by atoms with Crippen LogP contribution < -0.4 is 5.73 Å². The second-order valence-electron chi connectivity index (χ2n) is 6.50. The number of H-pyrrole nitrogens is 1.